The van der Waals surface area contributed by atoms with Crippen molar-refractivity contribution in [2.45, 2.75) is 26.3 Å². The van der Waals surface area contributed by atoms with E-state index >= 15 is 0 Å². The highest BCUT2D eigenvalue weighted by molar-refractivity contribution is 5.41. The van der Waals surface area contributed by atoms with Crippen molar-refractivity contribution < 1.29 is 9.47 Å². The standard InChI is InChI=1S/C18H23NO2/c1-4-12-19-14(2)17-10-5-6-11-18(17)21-16-9-7-8-15(13-16)20-3/h5-11,13-14,19H,4,12H2,1-3H3. The second kappa shape index (κ2) is 7.70. The van der Waals surface area contributed by atoms with Crippen LogP contribution >= 0.6 is 0 Å². The van der Waals surface area contributed by atoms with E-state index in [1.54, 1.807) is 7.11 Å². The van der Waals surface area contributed by atoms with Crippen LogP contribution in [0.1, 0.15) is 31.9 Å². The lowest BCUT2D eigenvalue weighted by Crippen LogP contribution is -2.19. The third-order valence-corrected chi connectivity index (χ3v) is 3.36. The molecule has 0 aliphatic rings. The number of hydrogen-bond donors (Lipinski definition) is 1. The first kappa shape index (κ1) is 15.4. The van der Waals surface area contributed by atoms with Gasteiger partial charge in [-0.1, -0.05) is 31.2 Å². The van der Waals surface area contributed by atoms with E-state index in [9.17, 15) is 0 Å². The lowest BCUT2D eigenvalue weighted by atomic mass is 10.1. The zero-order chi connectivity index (χ0) is 15.1. The Balaban J connectivity index is 2.19. The predicted octanol–water partition coefficient (Wildman–Crippen LogP) is 4.55. The van der Waals surface area contributed by atoms with Crippen LogP contribution in [0.15, 0.2) is 48.5 Å². The molecule has 2 rings (SSSR count). The highest BCUT2D eigenvalue weighted by Gasteiger charge is 2.11. The Morgan fingerprint density at radius 2 is 1.81 bits per heavy atom. The van der Waals surface area contributed by atoms with Crippen LogP contribution in [0, 0.1) is 0 Å². The second-order valence-electron chi connectivity index (χ2n) is 4.99. The summed E-state index contributed by atoms with van der Waals surface area (Å²) < 4.78 is 11.3. The minimum absolute atomic E-state index is 0.256. The maximum absolute atomic E-state index is 6.03. The van der Waals surface area contributed by atoms with Crippen LogP contribution in [-0.4, -0.2) is 13.7 Å². The van der Waals surface area contributed by atoms with Crippen molar-refractivity contribution in [3.05, 3.63) is 54.1 Å². The topological polar surface area (TPSA) is 30.5 Å². The quantitative estimate of drug-likeness (QED) is 0.809. The number of benzene rings is 2. The Morgan fingerprint density at radius 1 is 1.05 bits per heavy atom. The van der Waals surface area contributed by atoms with E-state index in [-0.39, 0.29) is 6.04 Å². The smallest absolute Gasteiger partial charge is 0.132 e. The van der Waals surface area contributed by atoms with Crippen LogP contribution < -0.4 is 14.8 Å². The summed E-state index contributed by atoms with van der Waals surface area (Å²) in [5.41, 5.74) is 1.16. The summed E-state index contributed by atoms with van der Waals surface area (Å²) in [6.07, 6.45) is 1.11. The fourth-order valence-electron chi connectivity index (χ4n) is 2.19. The Labute approximate surface area is 126 Å². The Kier molecular flexibility index (Phi) is 5.64. The van der Waals surface area contributed by atoms with Crippen LogP contribution in [0.4, 0.5) is 0 Å². The lowest BCUT2D eigenvalue weighted by Gasteiger charge is -2.18. The molecule has 2 aromatic carbocycles. The van der Waals surface area contributed by atoms with Crippen molar-refractivity contribution >= 4 is 0 Å². The molecule has 21 heavy (non-hydrogen) atoms. The van der Waals surface area contributed by atoms with Gasteiger partial charge in [-0.15, -0.1) is 0 Å². The normalized spacial score (nSPS) is 12.0. The van der Waals surface area contributed by atoms with Gasteiger partial charge in [-0.25, -0.2) is 0 Å². The molecule has 1 atom stereocenters. The maximum Gasteiger partial charge on any atom is 0.132 e. The highest BCUT2D eigenvalue weighted by atomic mass is 16.5. The number of para-hydroxylation sites is 1. The molecule has 3 heteroatoms. The number of ether oxygens (including phenoxy) is 2. The molecular formula is C18H23NO2. The maximum atomic E-state index is 6.03. The van der Waals surface area contributed by atoms with Crippen molar-refractivity contribution in [3.63, 3.8) is 0 Å². The van der Waals surface area contributed by atoms with Gasteiger partial charge >= 0.3 is 0 Å². The van der Waals surface area contributed by atoms with Gasteiger partial charge in [0.25, 0.3) is 0 Å². The predicted molar refractivity (Wildman–Crippen MR) is 86.2 cm³/mol. The molecule has 0 amide bonds. The molecule has 0 saturated carbocycles. The van der Waals surface area contributed by atoms with E-state index in [0.717, 1.165) is 35.8 Å². The minimum Gasteiger partial charge on any atom is -0.497 e. The Hall–Kier alpha value is -2.00. The molecule has 0 aliphatic carbocycles. The Bertz CT molecular complexity index is 569. The summed E-state index contributed by atoms with van der Waals surface area (Å²) in [4.78, 5) is 0. The van der Waals surface area contributed by atoms with Gasteiger partial charge in [0, 0.05) is 17.7 Å². The fourth-order valence-corrected chi connectivity index (χ4v) is 2.19. The first-order valence-corrected chi connectivity index (χ1v) is 7.38. The number of methoxy groups -OCH3 is 1. The van der Waals surface area contributed by atoms with Crippen molar-refractivity contribution in [3.8, 4) is 17.2 Å². The molecule has 1 unspecified atom stereocenters. The molecule has 0 saturated heterocycles. The van der Waals surface area contributed by atoms with E-state index in [4.69, 9.17) is 9.47 Å². The van der Waals surface area contributed by atoms with Gasteiger partial charge in [0.05, 0.1) is 7.11 Å². The summed E-state index contributed by atoms with van der Waals surface area (Å²) in [6, 6.07) is 16.0. The van der Waals surface area contributed by atoms with E-state index in [0.29, 0.717) is 0 Å². The van der Waals surface area contributed by atoms with Gasteiger partial charge < -0.3 is 14.8 Å². The van der Waals surface area contributed by atoms with Crippen molar-refractivity contribution in [2.24, 2.45) is 0 Å². The van der Waals surface area contributed by atoms with Gasteiger partial charge in [0.2, 0.25) is 0 Å². The zero-order valence-corrected chi connectivity index (χ0v) is 12.9. The molecule has 2 aromatic rings. The van der Waals surface area contributed by atoms with Crippen molar-refractivity contribution in [1.82, 2.24) is 5.32 Å². The average molecular weight is 285 g/mol. The monoisotopic (exact) mass is 285 g/mol. The van der Waals surface area contributed by atoms with Crippen LogP contribution in [0.2, 0.25) is 0 Å². The average Bonchev–Trinajstić information content (AvgIpc) is 2.53. The van der Waals surface area contributed by atoms with Gasteiger partial charge in [-0.2, -0.15) is 0 Å². The highest BCUT2D eigenvalue weighted by Crippen LogP contribution is 2.30. The Morgan fingerprint density at radius 3 is 2.57 bits per heavy atom. The van der Waals surface area contributed by atoms with Crippen LogP contribution in [0.25, 0.3) is 0 Å². The first-order valence-electron chi connectivity index (χ1n) is 7.38. The largest absolute Gasteiger partial charge is 0.497 e. The molecule has 3 nitrogen and oxygen atoms in total. The minimum atomic E-state index is 0.256. The van der Waals surface area contributed by atoms with Gasteiger partial charge in [0.15, 0.2) is 0 Å². The van der Waals surface area contributed by atoms with Gasteiger partial charge in [-0.05, 0) is 38.1 Å². The molecule has 0 fully saturated rings. The van der Waals surface area contributed by atoms with Crippen LogP contribution in [-0.2, 0) is 0 Å². The van der Waals surface area contributed by atoms with Crippen LogP contribution in [0.3, 0.4) is 0 Å². The van der Waals surface area contributed by atoms with Crippen molar-refractivity contribution in [1.29, 1.82) is 0 Å². The van der Waals surface area contributed by atoms with Gasteiger partial charge in [-0.3, -0.25) is 0 Å². The molecule has 0 bridgehead atoms. The molecule has 1 N–H and O–H groups in total. The fraction of sp³-hybridized carbons (Fsp3) is 0.333. The summed E-state index contributed by atoms with van der Waals surface area (Å²) >= 11 is 0. The van der Waals surface area contributed by atoms with E-state index in [1.807, 2.05) is 42.5 Å². The van der Waals surface area contributed by atoms with E-state index < -0.39 is 0 Å². The first-order chi connectivity index (χ1) is 10.2. The SMILES string of the molecule is CCCNC(C)c1ccccc1Oc1cccc(OC)c1. The number of nitrogens with one attached hydrogen (secondary N) is 1. The molecule has 0 aliphatic heterocycles. The third kappa shape index (κ3) is 4.23. The lowest BCUT2D eigenvalue weighted by molar-refractivity contribution is 0.408. The molecule has 0 aromatic heterocycles. The zero-order valence-electron chi connectivity index (χ0n) is 12.9. The second-order valence-corrected chi connectivity index (χ2v) is 4.99. The molecule has 112 valence electrons. The third-order valence-electron chi connectivity index (χ3n) is 3.36. The van der Waals surface area contributed by atoms with E-state index in [2.05, 4.69) is 25.2 Å². The van der Waals surface area contributed by atoms with Crippen molar-refractivity contribution in [2.75, 3.05) is 13.7 Å². The molecular weight excluding hydrogens is 262 g/mol. The molecule has 0 heterocycles. The summed E-state index contributed by atoms with van der Waals surface area (Å²) in [5.74, 6) is 2.45. The summed E-state index contributed by atoms with van der Waals surface area (Å²) in [5, 5.41) is 3.49. The number of hydrogen-bond acceptors (Lipinski definition) is 3. The van der Waals surface area contributed by atoms with Crippen LogP contribution in [0.5, 0.6) is 17.2 Å². The molecule has 0 radical (unpaired) electrons. The molecule has 0 spiro atoms. The number of rotatable bonds is 7. The summed E-state index contributed by atoms with van der Waals surface area (Å²) in [6.45, 7) is 5.32. The van der Waals surface area contributed by atoms with Gasteiger partial charge in [0.1, 0.15) is 17.2 Å². The van der Waals surface area contributed by atoms with E-state index in [1.165, 1.54) is 0 Å². The summed E-state index contributed by atoms with van der Waals surface area (Å²) in [7, 11) is 1.66.